The molecule has 0 bridgehead atoms. The normalized spacial score (nSPS) is 20.3. The fraction of sp³-hybridized carbons (Fsp3) is 0.500. The van der Waals surface area contributed by atoms with E-state index < -0.39 is 0 Å². The standard InChI is InChI=1S/C8H12BNO/c1-6(2)8-4-3-7(9-11)5-10-8/h4-6,11H,3H2,1-2H3/p+1. The van der Waals surface area contributed by atoms with Crippen LogP contribution >= 0.6 is 0 Å². The van der Waals surface area contributed by atoms with E-state index in [2.05, 4.69) is 24.9 Å². The van der Waals surface area contributed by atoms with Crippen LogP contribution in [-0.4, -0.2) is 23.8 Å². The first-order chi connectivity index (χ1) is 5.24. The summed E-state index contributed by atoms with van der Waals surface area (Å²) in [5.74, 6) is 0.534. The van der Waals surface area contributed by atoms with E-state index in [-0.39, 0.29) is 0 Å². The van der Waals surface area contributed by atoms with E-state index in [4.69, 9.17) is 5.02 Å². The van der Waals surface area contributed by atoms with Gasteiger partial charge >= 0.3 is 66.8 Å². The molecule has 0 atom stereocenters. The van der Waals surface area contributed by atoms with E-state index >= 15 is 0 Å². The van der Waals surface area contributed by atoms with Crippen molar-refractivity contribution < 1.29 is 10.0 Å². The Kier molecular flexibility index (Phi) is 2.63. The summed E-state index contributed by atoms with van der Waals surface area (Å²) in [6.45, 7) is 4.28. The van der Waals surface area contributed by atoms with Gasteiger partial charge in [0.05, 0.1) is 0 Å². The molecule has 1 aliphatic rings. The zero-order valence-corrected chi connectivity index (χ0v) is 6.96. The van der Waals surface area contributed by atoms with Gasteiger partial charge in [-0.25, -0.2) is 0 Å². The Hall–Kier alpha value is -0.855. The second-order valence-corrected chi connectivity index (χ2v) is 3.01. The summed E-state index contributed by atoms with van der Waals surface area (Å²) >= 11 is 0. The minimum absolute atomic E-state index is 0.534. The van der Waals surface area contributed by atoms with Crippen molar-refractivity contribution in [3.05, 3.63) is 11.8 Å². The molecule has 3 heteroatoms. The van der Waals surface area contributed by atoms with E-state index in [1.807, 2.05) is 6.21 Å². The second kappa shape index (κ2) is 3.51. The number of allylic oxidation sites excluding steroid dienone is 2. The summed E-state index contributed by atoms with van der Waals surface area (Å²) in [6.07, 6.45) is 4.78. The van der Waals surface area contributed by atoms with E-state index in [0.29, 0.717) is 5.92 Å². The summed E-state index contributed by atoms with van der Waals surface area (Å²) in [4.78, 5) is 3.13. The van der Waals surface area contributed by atoms with E-state index in [0.717, 1.165) is 19.0 Å². The van der Waals surface area contributed by atoms with Gasteiger partial charge in [-0.15, -0.1) is 0 Å². The SMILES string of the molecule is CC(C)C1=CCC(=BO)C=[NH+]1. The van der Waals surface area contributed by atoms with Gasteiger partial charge in [-0.3, -0.25) is 0 Å². The van der Waals surface area contributed by atoms with Crippen molar-refractivity contribution in [1.29, 1.82) is 0 Å². The van der Waals surface area contributed by atoms with Gasteiger partial charge < -0.3 is 0 Å². The molecule has 0 aromatic rings. The predicted octanol–water partition coefficient (Wildman–Crippen LogP) is -1.13. The third-order valence-corrected chi connectivity index (χ3v) is 1.77. The maximum atomic E-state index is 8.65. The monoisotopic (exact) mass is 150 g/mol. The Balaban J connectivity index is 2.67. The molecule has 11 heavy (non-hydrogen) atoms. The molecule has 1 heterocycles. The van der Waals surface area contributed by atoms with E-state index in [9.17, 15) is 0 Å². The Bertz CT molecular complexity index is 228. The summed E-state index contributed by atoms with van der Waals surface area (Å²) in [6, 6.07) is 0. The van der Waals surface area contributed by atoms with Gasteiger partial charge in [0.2, 0.25) is 0 Å². The van der Waals surface area contributed by atoms with Gasteiger partial charge in [0.1, 0.15) is 0 Å². The van der Waals surface area contributed by atoms with Crippen LogP contribution in [0.3, 0.4) is 0 Å². The van der Waals surface area contributed by atoms with Crippen molar-refractivity contribution in [3.8, 4) is 0 Å². The number of nitrogens with one attached hydrogen (secondary N) is 1. The first kappa shape index (κ1) is 8.24. The molecule has 0 aromatic heterocycles. The van der Waals surface area contributed by atoms with Crippen LogP contribution in [-0.2, 0) is 0 Å². The van der Waals surface area contributed by atoms with Crippen LogP contribution in [0.5, 0.6) is 0 Å². The first-order valence-electron chi connectivity index (χ1n) is 3.87. The minimum atomic E-state index is 0.534. The molecule has 0 aliphatic carbocycles. The Labute approximate surface area is 67.6 Å². The topological polar surface area (TPSA) is 34.2 Å². The van der Waals surface area contributed by atoms with Gasteiger partial charge in [0, 0.05) is 0 Å². The van der Waals surface area contributed by atoms with Gasteiger partial charge in [0.15, 0.2) is 0 Å². The third kappa shape index (κ3) is 2.04. The molecule has 0 radical (unpaired) electrons. The van der Waals surface area contributed by atoms with Crippen LogP contribution in [0, 0.1) is 5.92 Å². The van der Waals surface area contributed by atoms with Gasteiger partial charge in [-0.1, -0.05) is 0 Å². The van der Waals surface area contributed by atoms with Crippen LogP contribution in [0.15, 0.2) is 11.8 Å². The molecule has 0 amide bonds. The molecule has 2 N–H and O–H groups in total. The molecule has 0 spiro atoms. The Morgan fingerprint density at radius 2 is 2.36 bits per heavy atom. The Morgan fingerprint density at radius 3 is 2.73 bits per heavy atom. The van der Waals surface area contributed by atoms with Gasteiger partial charge in [-0.05, 0) is 0 Å². The van der Waals surface area contributed by atoms with Crippen LogP contribution in [0.2, 0.25) is 0 Å². The molecular formula is C8H13BNO+. The fourth-order valence-corrected chi connectivity index (χ4v) is 1.01. The van der Waals surface area contributed by atoms with Crippen LogP contribution in [0.25, 0.3) is 0 Å². The van der Waals surface area contributed by atoms with Gasteiger partial charge in [0.25, 0.3) is 0 Å². The summed E-state index contributed by atoms with van der Waals surface area (Å²) < 4.78 is 0. The number of hydrogen-bond acceptors (Lipinski definition) is 1. The van der Waals surface area contributed by atoms with Crippen LogP contribution < -0.4 is 4.99 Å². The van der Waals surface area contributed by atoms with Crippen molar-refractivity contribution in [3.63, 3.8) is 0 Å². The summed E-state index contributed by atoms with van der Waals surface area (Å²) in [7, 11) is 1.14. The third-order valence-electron chi connectivity index (χ3n) is 1.77. The van der Waals surface area contributed by atoms with Crippen molar-refractivity contribution >= 4 is 18.8 Å². The number of rotatable bonds is 1. The average Bonchev–Trinajstić information content (AvgIpc) is 2.05. The molecule has 1 aliphatic heterocycles. The molecule has 0 saturated heterocycles. The molecule has 0 saturated carbocycles. The van der Waals surface area contributed by atoms with Crippen molar-refractivity contribution in [2.24, 2.45) is 5.92 Å². The van der Waals surface area contributed by atoms with Crippen LogP contribution in [0.4, 0.5) is 0 Å². The van der Waals surface area contributed by atoms with Crippen LogP contribution in [0.1, 0.15) is 20.3 Å². The zero-order chi connectivity index (χ0) is 8.27. The molecule has 0 aromatic carbocycles. The molecule has 1 rings (SSSR count). The molecule has 0 unspecified atom stereocenters. The summed E-state index contributed by atoms with van der Waals surface area (Å²) in [5, 5.41) is 8.65. The van der Waals surface area contributed by atoms with Crippen molar-refractivity contribution in [1.82, 2.24) is 0 Å². The maximum absolute atomic E-state index is 8.65. The summed E-state index contributed by atoms with van der Waals surface area (Å²) in [5.41, 5.74) is 2.16. The molecule has 58 valence electrons. The second-order valence-electron chi connectivity index (χ2n) is 3.01. The van der Waals surface area contributed by atoms with Crippen molar-refractivity contribution in [2.45, 2.75) is 20.3 Å². The van der Waals surface area contributed by atoms with E-state index in [1.54, 1.807) is 0 Å². The first-order valence-corrected chi connectivity index (χ1v) is 3.87. The molecular weight excluding hydrogens is 137 g/mol. The van der Waals surface area contributed by atoms with Crippen molar-refractivity contribution in [2.75, 3.05) is 0 Å². The molecule has 0 fully saturated rings. The number of hydrogen-bond donors (Lipinski definition) is 2. The van der Waals surface area contributed by atoms with Gasteiger partial charge in [-0.2, -0.15) is 0 Å². The predicted molar refractivity (Wildman–Crippen MR) is 47.5 cm³/mol. The molecule has 2 nitrogen and oxygen atoms in total. The quantitative estimate of drug-likeness (QED) is 0.455. The fourth-order valence-electron chi connectivity index (χ4n) is 1.01. The average molecular weight is 150 g/mol. The Morgan fingerprint density at radius 1 is 1.64 bits per heavy atom. The zero-order valence-electron chi connectivity index (χ0n) is 6.96. The van der Waals surface area contributed by atoms with E-state index in [1.165, 1.54) is 5.70 Å².